The van der Waals surface area contributed by atoms with Gasteiger partial charge in [-0.25, -0.2) is 4.79 Å². The molecule has 13 atom stereocenters. The summed E-state index contributed by atoms with van der Waals surface area (Å²) in [5.74, 6) is -12.2. The molecule has 1 aliphatic rings. The summed E-state index contributed by atoms with van der Waals surface area (Å²) in [6.45, 7) is 5.84. The molecule has 0 saturated carbocycles. The Balaban J connectivity index is 1.34. The number of nitrogens with two attached hydrogens (primary N) is 2. The molecule has 1 fully saturated rings. The van der Waals surface area contributed by atoms with E-state index in [0.29, 0.717) is 58.1 Å². The van der Waals surface area contributed by atoms with Crippen LogP contribution in [0, 0.1) is 0 Å². The second-order valence-electron chi connectivity index (χ2n) is 26.7. The molecule has 1 aromatic heterocycles. The van der Waals surface area contributed by atoms with E-state index in [2.05, 4.69) is 58.2 Å². The molecule has 576 valence electrons. The van der Waals surface area contributed by atoms with Crippen LogP contribution in [0.25, 0.3) is 10.9 Å². The fourth-order valence-corrected chi connectivity index (χ4v) is 14.0. The molecule has 0 aliphatic carbocycles. The molecule has 0 bridgehead atoms. The fourth-order valence-electron chi connectivity index (χ4n) is 11.7. The number of amides is 10. The first-order valence-electron chi connectivity index (χ1n) is 35.2. The number of fused-ring (bicyclic) bond motifs is 1. The van der Waals surface area contributed by atoms with Crippen LogP contribution in [0.2, 0.25) is 0 Å². The molecule has 1 aliphatic heterocycles. The van der Waals surface area contributed by atoms with Crippen molar-refractivity contribution < 1.29 is 78.3 Å². The quantitative estimate of drug-likeness (QED) is 0.0327. The molecular weight excluding hydrogens is 1420 g/mol. The zero-order valence-corrected chi connectivity index (χ0v) is 61.8. The largest absolute Gasteiger partial charge is 0.508 e. The van der Waals surface area contributed by atoms with Gasteiger partial charge in [-0.1, -0.05) is 151 Å². The van der Waals surface area contributed by atoms with Crippen LogP contribution in [-0.2, 0) is 91.4 Å². The number of rotatable bonds is 21. The lowest BCUT2D eigenvalue weighted by Gasteiger charge is -2.33. The molecule has 107 heavy (non-hydrogen) atoms. The number of carboxylic acid groups (broad SMARTS) is 1. The summed E-state index contributed by atoms with van der Waals surface area (Å²) in [4.78, 5) is 165. The number of carbonyl (C=O) groups excluding carboxylic acids is 10. The van der Waals surface area contributed by atoms with Crippen molar-refractivity contribution in [2.75, 3.05) is 31.7 Å². The molecule has 30 nitrogen and oxygen atoms in total. The van der Waals surface area contributed by atoms with E-state index in [4.69, 9.17) is 11.5 Å². The number of benzene rings is 5. The Morgan fingerprint density at radius 2 is 0.963 bits per heavy atom. The van der Waals surface area contributed by atoms with E-state index in [1.54, 1.807) is 91.1 Å². The summed E-state index contributed by atoms with van der Waals surface area (Å²) < 4.78 is 0. The van der Waals surface area contributed by atoms with Crippen LogP contribution in [0.3, 0.4) is 0 Å². The van der Waals surface area contributed by atoms with Gasteiger partial charge in [0, 0.05) is 80.3 Å². The number of phenols is 1. The van der Waals surface area contributed by atoms with Gasteiger partial charge in [0.15, 0.2) is 0 Å². The number of aliphatic hydroxyl groups excluding tert-OH is 3. The summed E-state index contributed by atoms with van der Waals surface area (Å²) in [6, 6.07) is 19.3. The van der Waals surface area contributed by atoms with Crippen LogP contribution >= 0.6 is 21.6 Å². The predicted molar refractivity (Wildman–Crippen MR) is 404 cm³/mol. The Morgan fingerprint density at radius 1 is 0.514 bits per heavy atom. The monoisotopic (exact) mass is 1510 g/mol. The number of hydrogen-bond donors (Lipinski definition) is 18. The molecule has 1 saturated heterocycles. The standard InChI is InChI=1S/C75H98N14O16S2/c1-42(2)78-37-49-25-23-48(24-26-49)35-62-71(100)88-64(44(4)92)72(101)83-58(34-47-27-29-51(93)30-28-47)69(98)87-63(43(3)91)73(102)85-60(39-90)70(99)86-61(75(104)105)41-107-106-40-53(77)65(94)80-55(22-14-15-31-76)66(95)81-56(32-45-16-8-6-9-17-45)67(96)82-57(33-46-18-10-7-11-19-46)68(97)84-59(74(103)89(62)5)36-50-38-79-54-21-13-12-20-52(50)54/h6-13,16-21,23-30,38,42-44,53,55-64,78-79,90-93H,14-15,22,31-37,39-41,76-77H2,1-5H3,(H,80,94)(H,81,95)(H,82,96)(H,83,101)(H,84,97)(H,85,102)(H,86,99)(H,87,98)(H,88,100)(H,104,105)/t43-,44-,53+,55+,56+,57+,58+,59-,60+,61+,62+,63+,64-/m1/s1. The number of aromatic amines is 1. The number of para-hydroxylation sites is 1. The fraction of sp³-hybridized carbons (Fsp3) is 0.427. The van der Waals surface area contributed by atoms with Gasteiger partial charge >= 0.3 is 5.97 Å². The number of carboxylic acids is 1. The number of aliphatic carboxylic acids is 1. The van der Waals surface area contributed by atoms with Crippen molar-refractivity contribution in [3.8, 4) is 5.75 Å². The third-order valence-corrected chi connectivity index (χ3v) is 20.3. The second kappa shape index (κ2) is 41.8. The van der Waals surface area contributed by atoms with E-state index in [1.807, 2.05) is 38.1 Å². The number of aromatic hydroxyl groups is 1. The lowest BCUT2D eigenvalue weighted by molar-refractivity contribution is -0.143. The summed E-state index contributed by atoms with van der Waals surface area (Å²) >= 11 is 0. The van der Waals surface area contributed by atoms with Crippen LogP contribution in [-0.4, -0.2) is 217 Å². The minimum Gasteiger partial charge on any atom is -0.508 e. The number of nitrogens with zero attached hydrogens (tertiary/aromatic N) is 1. The number of carbonyl (C=O) groups is 11. The van der Waals surface area contributed by atoms with Gasteiger partial charge in [-0.05, 0) is 91.2 Å². The maximum atomic E-state index is 15.9. The third kappa shape index (κ3) is 25.9. The van der Waals surface area contributed by atoms with Gasteiger partial charge in [-0.15, -0.1) is 0 Å². The molecular formula is C75H98N14O16S2. The molecule has 2 heterocycles. The van der Waals surface area contributed by atoms with E-state index in [-0.39, 0.29) is 61.9 Å². The van der Waals surface area contributed by atoms with Gasteiger partial charge in [-0.3, -0.25) is 47.9 Å². The number of phenolic OH excluding ortho intramolecular Hbond substituents is 1. The molecule has 5 aromatic carbocycles. The van der Waals surface area contributed by atoms with Crippen LogP contribution in [0.15, 0.2) is 140 Å². The minimum absolute atomic E-state index is 0.0238. The number of aliphatic hydroxyl groups is 3. The summed E-state index contributed by atoms with van der Waals surface area (Å²) in [5, 5.41) is 80.6. The summed E-state index contributed by atoms with van der Waals surface area (Å²) in [6.07, 6.45) is -2.23. The van der Waals surface area contributed by atoms with Crippen molar-refractivity contribution in [1.82, 2.24) is 63.1 Å². The Bertz CT molecular complexity index is 3970. The topological polar surface area (TPSA) is 480 Å². The number of hydrogen-bond acceptors (Lipinski definition) is 20. The summed E-state index contributed by atoms with van der Waals surface area (Å²) in [5.41, 5.74) is 16.4. The number of H-pyrrole nitrogens is 1. The van der Waals surface area contributed by atoms with Crippen molar-refractivity contribution in [1.29, 1.82) is 0 Å². The van der Waals surface area contributed by atoms with Crippen molar-refractivity contribution in [2.24, 2.45) is 11.5 Å². The number of likely N-dealkylation sites (N-methyl/N-ethyl adjacent to an activating group) is 1. The molecule has 0 unspecified atom stereocenters. The first-order chi connectivity index (χ1) is 51.1. The molecule has 0 radical (unpaired) electrons. The van der Waals surface area contributed by atoms with Gasteiger partial charge in [0.1, 0.15) is 66.2 Å². The van der Waals surface area contributed by atoms with E-state index >= 15 is 19.2 Å². The number of nitrogens with one attached hydrogen (secondary N) is 11. The zero-order chi connectivity index (χ0) is 77.9. The maximum absolute atomic E-state index is 15.9. The normalized spacial score (nSPS) is 23.7. The molecule has 6 aromatic rings. The minimum atomic E-state index is -1.95. The molecule has 0 spiro atoms. The van der Waals surface area contributed by atoms with Crippen LogP contribution in [0.5, 0.6) is 5.75 Å². The smallest absolute Gasteiger partial charge is 0.327 e. The Morgan fingerprint density at radius 3 is 1.50 bits per heavy atom. The highest BCUT2D eigenvalue weighted by atomic mass is 33.1. The third-order valence-electron chi connectivity index (χ3n) is 17.9. The van der Waals surface area contributed by atoms with Gasteiger partial charge in [0.2, 0.25) is 59.1 Å². The van der Waals surface area contributed by atoms with Gasteiger partial charge in [0.05, 0.1) is 24.9 Å². The van der Waals surface area contributed by atoms with E-state index in [9.17, 15) is 59.1 Å². The van der Waals surface area contributed by atoms with Crippen molar-refractivity contribution in [3.05, 3.63) is 173 Å². The Hall–Kier alpha value is -9.93. The highest BCUT2D eigenvalue weighted by molar-refractivity contribution is 8.76. The predicted octanol–water partition coefficient (Wildman–Crippen LogP) is -0.235. The molecule has 7 rings (SSSR count). The second-order valence-corrected chi connectivity index (χ2v) is 29.2. The zero-order valence-electron chi connectivity index (χ0n) is 60.2. The van der Waals surface area contributed by atoms with E-state index < -0.39 is 157 Å². The highest BCUT2D eigenvalue weighted by Crippen LogP contribution is 2.25. The maximum Gasteiger partial charge on any atom is 0.327 e. The van der Waals surface area contributed by atoms with E-state index in [1.165, 1.54) is 38.2 Å². The SMILES string of the molecule is CC(C)NCc1ccc(C[C@H]2C(=O)N[C@H]([C@@H](C)O)C(=O)N[C@@H](Cc3ccc(O)cc3)C(=O)N[C@@H]([C@@H](C)O)C(=O)N[C@@H](CO)C(=O)N[C@H](C(=O)O)CSSC[C@H](N)C(=O)N[C@@H](CCCCN)C(=O)N[C@@H](Cc3ccccc3)C(=O)N[C@@H](Cc3ccccc3)C(=O)N[C@H](Cc3c[nH]c4ccccc34)C(=O)N2C)cc1. The number of aromatic nitrogens is 1. The van der Waals surface area contributed by atoms with Gasteiger partial charge < -0.3 is 100 Å². The average Bonchev–Trinajstić information content (AvgIpc) is 1.78. The molecule has 20 N–H and O–H groups in total. The number of unbranched alkanes of at least 4 members (excludes halogenated alkanes) is 1. The lowest BCUT2D eigenvalue weighted by Crippen LogP contribution is -2.63. The highest BCUT2D eigenvalue weighted by Gasteiger charge is 2.40. The molecule has 32 heteroatoms. The summed E-state index contributed by atoms with van der Waals surface area (Å²) in [7, 11) is 3.14. The van der Waals surface area contributed by atoms with Gasteiger partial charge in [-0.2, -0.15) is 0 Å². The first-order valence-corrected chi connectivity index (χ1v) is 37.7. The Labute approximate surface area is 628 Å². The van der Waals surface area contributed by atoms with Crippen molar-refractivity contribution in [3.63, 3.8) is 0 Å². The Kier molecular flexibility index (Phi) is 33.0. The van der Waals surface area contributed by atoms with Crippen LogP contribution in [0.4, 0.5) is 0 Å². The van der Waals surface area contributed by atoms with Crippen molar-refractivity contribution >= 4 is 97.5 Å². The van der Waals surface area contributed by atoms with Crippen LogP contribution in [0.1, 0.15) is 80.3 Å². The molecule has 10 amide bonds. The van der Waals surface area contributed by atoms with Crippen LogP contribution < -0.4 is 64.6 Å². The lowest BCUT2D eigenvalue weighted by atomic mass is 9.98. The van der Waals surface area contributed by atoms with E-state index in [0.717, 1.165) is 39.0 Å². The average molecular weight is 1520 g/mol. The first kappa shape index (κ1) is 84.3. The van der Waals surface area contributed by atoms with Crippen molar-refractivity contribution in [2.45, 2.75) is 170 Å². The van der Waals surface area contributed by atoms with Gasteiger partial charge in [0.25, 0.3) is 0 Å².